The lowest BCUT2D eigenvalue weighted by molar-refractivity contribution is 0.597. The van der Waals surface area contributed by atoms with Crippen molar-refractivity contribution < 1.29 is 8.42 Å². The Kier molecular flexibility index (Phi) is 3.28. The van der Waals surface area contributed by atoms with Crippen molar-refractivity contribution in [1.82, 2.24) is 5.32 Å². The van der Waals surface area contributed by atoms with Gasteiger partial charge in [0.15, 0.2) is 0 Å². The number of primary sulfonamides is 1. The molecule has 0 saturated heterocycles. The van der Waals surface area contributed by atoms with E-state index < -0.39 is 10.0 Å². The molecular formula is C11H16N2O2S. The van der Waals surface area contributed by atoms with Crippen LogP contribution >= 0.6 is 0 Å². The van der Waals surface area contributed by atoms with E-state index in [2.05, 4.69) is 5.32 Å². The minimum Gasteiger partial charge on any atom is -0.314 e. The number of rotatable bonds is 5. The standard InChI is InChI=1S/C11H16N2O2S/c12-16(14,15)11-5-1-9(2-6-11)7-8-13-10-3-4-10/h1-2,5-6,10,13H,3-4,7-8H2,(H2,12,14,15). The van der Waals surface area contributed by atoms with Crippen LogP contribution in [0.3, 0.4) is 0 Å². The minimum absolute atomic E-state index is 0.173. The van der Waals surface area contributed by atoms with E-state index >= 15 is 0 Å². The molecule has 0 bridgehead atoms. The van der Waals surface area contributed by atoms with Crippen LogP contribution in [0.2, 0.25) is 0 Å². The van der Waals surface area contributed by atoms with Gasteiger partial charge in [-0.3, -0.25) is 0 Å². The van der Waals surface area contributed by atoms with Crippen LogP contribution in [0.25, 0.3) is 0 Å². The van der Waals surface area contributed by atoms with Gasteiger partial charge in [-0.2, -0.15) is 0 Å². The molecule has 1 aromatic rings. The van der Waals surface area contributed by atoms with Gasteiger partial charge >= 0.3 is 0 Å². The fraction of sp³-hybridized carbons (Fsp3) is 0.455. The van der Waals surface area contributed by atoms with Crippen LogP contribution in [0.5, 0.6) is 0 Å². The molecule has 1 aliphatic rings. The highest BCUT2D eigenvalue weighted by atomic mass is 32.2. The summed E-state index contributed by atoms with van der Waals surface area (Å²) in [6.07, 6.45) is 3.48. The second-order valence-electron chi connectivity index (χ2n) is 4.17. The monoisotopic (exact) mass is 240 g/mol. The smallest absolute Gasteiger partial charge is 0.238 e. The van der Waals surface area contributed by atoms with Gasteiger partial charge in [-0.1, -0.05) is 12.1 Å². The van der Waals surface area contributed by atoms with E-state index in [1.165, 1.54) is 12.8 Å². The molecule has 1 aromatic carbocycles. The lowest BCUT2D eigenvalue weighted by Gasteiger charge is -2.04. The molecule has 1 fully saturated rings. The zero-order chi connectivity index (χ0) is 11.6. The molecule has 0 aromatic heterocycles. The Hall–Kier alpha value is -0.910. The van der Waals surface area contributed by atoms with Gasteiger partial charge in [0.05, 0.1) is 4.90 Å². The minimum atomic E-state index is -3.56. The van der Waals surface area contributed by atoms with Crippen LogP contribution in [-0.4, -0.2) is 21.0 Å². The topological polar surface area (TPSA) is 72.2 Å². The first kappa shape index (κ1) is 11.6. The van der Waals surface area contributed by atoms with Gasteiger partial charge in [0.1, 0.15) is 0 Å². The average Bonchev–Trinajstić information content (AvgIpc) is 3.01. The molecule has 4 nitrogen and oxygen atoms in total. The Morgan fingerprint density at radius 2 is 1.88 bits per heavy atom. The molecule has 88 valence electrons. The summed E-state index contributed by atoms with van der Waals surface area (Å²) in [6.45, 7) is 0.944. The van der Waals surface area contributed by atoms with Gasteiger partial charge in [0.25, 0.3) is 0 Å². The second-order valence-corrected chi connectivity index (χ2v) is 5.73. The van der Waals surface area contributed by atoms with E-state index in [1.807, 2.05) is 12.1 Å². The van der Waals surface area contributed by atoms with Gasteiger partial charge in [0, 0.05) is 6.04 Å². The Labute approximate surface area is 95.9 Å². The first-order valence-electron chi connectivity index (χ1n) is 5.41. The van der Waals surface area contributed by atoms with E-state index in [1.54, 1.807) is 12.1 Å². The molecule has 0 unspecified atom stereocenters. The SMILES string of the molecule is NS(=O)(=O)c1ccc(CCNC2CC2)cc1. The van der Waals surface area contributed by atoms with Gasteiger partial charge in [-0.25, -0.2) is 13.6 Å². The molecule has 5 heteroatoms. The number of hydrogen-bond donors (Lipinski definition) is 2. The van der Waals surface area contributed by atoms with Crippen molar-refractivity contribution >= 4 is 10.0 Å². The first-order valence-corrected chi connectivity index (χ1v) is 6.95. The van der Waals surface area contributed by atoms with E-state index in [0.29, 0.717) is 6.04 Å². The van der Waals surface area contributed by atoms with E-state index in [-0.39, 0.29) is 4.90 Å². The molecule has 1 saturated carbocycles. The Balaban J connectivity index is 1.90. The van der Waals surface area contributed by atoms with E-state index in [9.17, 15) is 8.42 Å². The fourth-order valence-corrected chi connectivity index (χ4v) is 2.07. The summed E-state index contributed by atoms with van der Waals surface area (Å²) in [5, 5.41) is 8.42. The van der Waals surface area contributed by atoms with Gasteiger partial charge in [-0.15, -0.1) is 0 Å². The van der Waals surface area contributed by atoms with Crippen LogP contribution in [0.15, 0.2) is 29.2 Å². The summed E-state index contributed by atoms with van der Waals surface area (Å²) in [5.74, 6) is 0. The van der Waals surface area contributed by atoms with E-state index in [0.717, 1.165) is 18.5 Å². The lowest BCUT2D eigenvalue weighted by atomic mass is 10.1. The third-order valence-corrected chi connectivity index (χ3v) is 3.61. The normalized spacial score (nSPS) is 16.3. The number of benzene rings is 1. The average molecular weight is 240 g/mol. The van der Waals surface area contributed by atoms with Crippen molar-refractivity contribution in [1.29, 1.82) is 0 Å². The maximum Gasteiger partial charge on any atom is 0.238 e. The molecule has 0 atom stereocenters. The second kappa shape index (κ2) is 4.53. The molecule has 0 aliphatic heterocycles. The molecule has 0 heterocycles. The highest BCUT2D eigenvalue weighted by Crippen LogP contribution is 2.18. The molecule has 0 spiro atoms. The first-order chi connectivity index (χ1) is 7.55. The van der Waals surface area contributed by atoms with Crippen molar-refractivity contribution in [3.63, 3.8) is 0 Å². The molecule has 0 amide bonds. The zero-order valence-corrected chi connectivity index (χ0v) is 9.83. The highest BCUT2D eigenvalue weighted by molar-refractivity contribution is 7.89. The summed E-state index contributed by atoms with van der Waals surface area (Å²) in [4.78, 5) is 0.173. The molecule has 16 heavy (non-hydrogen) atoms. The molecule has 2 rings (SSSR count). The van der Waals surface area contributed by atoms with Crippen molar-refractivity contribution in [3.8, 4) is 0 Å². The van der Waals surface area contributed by atoms with Crippen molar-refractivity contribution in [2.45, 2.75) is 30.2 Å². The molecule has 3 N–H and O–H groups in total. The number of nitrogens with one attached hydrogen (secondary N) is 1. The Morgan fingerprint density at radius 3 is 2.38 bits per heavy atom. The third kappa shape index (κ3) is 3.30. The van der Waals surface area contributed by atoms with Crippen molar-refractivity contribution in [2.75, 3.05) is 6.54 Å². The lowest BCUT2D eigenvalue weighted by Crippen LogP contribution is -2.19. The quantitative estimate of drug-likeness (QED) is 0.793. The number of sulfonamides is 1. The van der Waals surface area contributed by atoms with E-state index in [4.69, 9.17) is 5.14 Å². The summed E-state index contributed by atoms with van der Waals surface area (Å²) in [6, 6.07) is 7.45. The van der Waals surface area contributed by atoms with Crippen molar-refractivity contribution in [3.05, 3.63) is 29.8 Å². The molecular weight excluding hydrogens is 224 g/mol. The van der Waals surface area contributed by atoms with Crippen LogP contribution in [0, 0.1) is 0 Å². The van der Waals surface area contributed by atoms with Gasteiger partial charge in [0.2, 0.25) is 10.0 Å². The summed E-state index contributed by atoms with van der Waals surface area (Å²) < 4.78 is 22.0. The molecule has 0 radical (unpaired) electrons. The van der Waals surface area contributed by atoms with Crippen LogP contribution in [0.1, 0.15) is 18.4 Å². The largest absolute Gasteiger partial charge is 0.314 e. The van der Waals surface area contributed by atoms with Crippen LogP contribution < -0.4 is 10.5 Å². The maximum atomic E-state index is 11.0. The van der Waals surface area contributed by atoms with Crippen LogP contribution in [-0.2, 0) is 16.4 Å². The number of hydrogen-bond acceptors (Lipinski definition) is 3. The summed E-state index contributed by atoms with van der Waals surface area (Å²) in [5.41, 5.74) is 1.13. The highest BCUT2D eigenvalue weighted by Gasteiger charge is 2.19. The van der Waals surface area contributed by atoms with Gasteiger partial charge < -0.3 is 5.32 Å². The van der Waals surface area contributed by atoms with Crippen molar-refractivity contribution in [2.24, 2.45) is 5.14 Å². The fourth-order valence-electron chi connectivity index (χ4n) is 1.55. The van der Waals surface area contributed by atoms with Gasteiger partial charge in [-0.05, 0) is 43.5 Å². The maximum absolute atomic E-state index is 11.0. The van der Waals surface area contributed by atoms with Crippen LogP contribution in [0.4, 0.5) is 0 Å². The third-order valence-electron chi connectivity index (χ3n) is 2.68. The predicted molar refractivity (Wildman–Crippen MR) is 62.5 cm³/mol. The summed E-state index contributed by atoms with van der Waals surface area (Å²) in [7, 11) is -3.56. The molecule has 1 aliphatic carbocycles. The number of nitrogens with two attached hydrogens (primary N) is 1. The Bertz CT molecular complexity index is 449. The zero-order valence-electron chi connectivity index (χ0n) is 9.02. The predicted octanol–water partition coefficient (Wildman–Crippen LogP) is 0.628. The Morgan fingerprint density at radius 1 is 1.25 bits per heavy atom. The summed E-state index contributed by atoms with van der Waals surface area (Å²) >= 11 is 0.